The summed E-state index contributed by atoms with van der Waals surface area (Å²) in [5.74, 6) is 0.120. The second-order valence-corrected chi connectivity index (χ2v) is 12.9. The molecule has 0 bridgehead atoms. The number of rotatable bonds is 16. The third-order valence-corrected chi connectivity index (χ3v) is 9.44. The van der Waals surface area contributed by atoms with Gasteiger partial charge in [0.25, 0.3) is 5.56 Å². The van der Waals surface area contributed by atoms with Crippen molar-refractivity contribution in [3.63, 3.8) is 0 Å². The summed E-state index contributed by atoms with van der Waals surface area (Å²) in [6.45, 7) is 7.74. The van der Waals surface area contributed by atoms with Gasteiger partial charge in [0.05, 0.1) is 11.9 Å². The van der Waals surface area contributed by atoms with Crippen LogP contribution in [0.4, 0.5) is 4.39 Å². The first kappa shape index (κ1) is 37.9. The maximum atomic E-state index is 13.6. The van der Waals surface area contributed by atoms with Gasteiger partial charge < -0.3 is 9.47 Å². The molecule has 0 N–H and O–H groups in total. The number of thioether (sulfide) groups is 1. The topological polar surface area (TPSA) is 89.1 Å². The number of aromatic nitrogens is 5. The third-order valence-electron chi connectivity index (χ3n) is 8.15. The van der Waals surface area contributed by atoms with Gasteiger partial charge in [-0.3, -0.25) is 24.2 Å². The molecule has 0 amide bonds. The van der Waals surface area contributed by atoms with E-state index >= 15 is 0 Å². The van der Waals surface area contributed by atoms with Crippen molar-refractivity contribution in [2.24, 2.45) is 7.05 Å². The molecule has 5 rings (SSSR count). The minimum absolute atomic E-state index is 0. The summed E-state index contributed by atoms with van der Waals surface area (Å²) >= 11 is 7.41. The molecular weight excluding hydrogens is 684 g/mol. The van der Waals surface area contributed by atoms with Crippen molar-refractivity contribution >= 4 is 42.1 Å². The molecule has 0 fully saturated rings. The SMILES string of the molecule is CCN(CC)CCN(Cc1ccc(-c2ccc(Cl)cc2)nc1)C(C=O)n1cc(Cc2cnn(C)c2)c(=O)nc1SCc1ccc(F)cc1.Cl. The maximum absolute atomic E-state index is 13.6. The van der Waals surface area contributed by atoms with Gasteiger partial charge in [-0.1, -0.05) is 67.5 Å². The van der Waals surface area contributed by atoms with E-state index in [2.05, 4.69) is 33.7 Å². The van der Waals surface area contributed by atoms with E-state index in [1.807, 2.05) is 55.8 Å². The lowest BCUT2D eigenvalue weighted by molar-refractivity contribution is -0.116. The zero-order valence-electron chi connectivity index (χ0n) is 27.7. The van der Waals surface area contributed by atoms with Crippen LogP contribution in [0.25, 0.3) is 11.3 Å². The molecule has 49 heavy (non-hydrogen) atoms. The van der Waals surface area contributed by atoms with Crippen molar-refractivity contribution in [1.82, 2.24) is 34.1 Å². The number of carbonyl (C=O) groups excluding carboxylic acids is 1. The lowest BCUT2D eigenvalue weighted by Gasteiger charge is -2.33. The molecule has 0 spiro atoms. The van der Waals surface area contributed by atoms with Gasteiger partial charge in [-0.25, -0.2) is 4.39 Å². The van der Waals surface area contributed by atoms with Gasteiger partial charge in [-0.2, -0.15) is 10.1 Å². The highest BCUT2D eigenvalue weighted by Crippen LogP contribution is 2.27. The van der Waals surface area contributed by atoms with Crippen LogP contribution < -0.4 is 5.56 Å². The van der Waals surface area contributed by atoms with Crippen molar-refractivity contribution in [3.05, 3.63) is 129 Å². The Hall–Kier alpha value is -3.87. The van der Waals surface area contributed by atoms with Crippen molar-refractivity contribution < 1.29 is 9.18 Å². The Morgan fingerprint density at radius 1 is 0.939 bits per heavy atom. The Morgan fingerprint density at radius 3 is 2.27 bits per heavy atom. The van der Waals surface area contributed by atoms with Gasteiger partial charge in [0.2, 0.25) is 0 Å². The smallest absolute Gasteiger partial charge is 0.277 e. The molecular formula is C36H40Cl2FN7O2S. The normalized spacial score (nSPS) is 11.9. The first-order valence-corrected chi connectivity index (χ1v) is 17.2. The highest BCUT2D eigenvalue weighted by Gasteiger charge is 2.25. The first-order chi connectivity index (χ1) is 23.3. The molecule has 0 saturated carbocycles. The molecule has 0 aliphatic carbocycles. The first-order valence-electron chi connectivity index (χ1n) is 15.9. The zero-order chi connectivity index (χ0) is 34.0. The fourth-order valence-corrected chi connectivity index (χ4v) is 6.48. The van der Waals surface area contributed by atoms with Gasteiger partial charge in [-0.15, -0.1) is 12.4 Å². The predicted octanol–water partition coefficient (Wildman–Crippen LogP) is 6.68. The van der Waals surface area contributed by atoms with Gasteiger partial charge >= 0.3 is 0 Å². The minimum atomic E-state index is -0.770. The largest absolute Gasteiger partial charge is 0.304 e. The molecule has 9 nitrogen and oxygen atoms in total. The lowest BCUT2D eigenvalue weighted by atomic mass is 10.1. The number of hydrogen-bond acceptors (Lipinski definition) is 8. The van der Waals surface area contributed by atoms with Crippen LogP contribution in [0.15, 0.2) is 95.4 Å². The summed E-state index contributed by atoms with van der Waals surface area (Å²) in [6, 6.07) is 17.7. The summed E-state index contributed by atoms with van der Waals surface area (Å²) in [4.78, 5) is 40.1. The highest BCUT2D eigenvalue weighted by molar-refractivity contribution is 7.98. The maximum Gasteiger partial charge on any atom is 0.277 e. The quantitative estimate of drug-likeness (QED) is 0.0634. The molecule has 0 radical (unpaired) electrons. The van der Waals surface area contributed by atoms with E-state index < -0.39 is 6.17 Å². The average molecular weight is 725 g/mol. The van der Waals surface area contributed by atoms with Gasteiger partial charge in [0.15, 0.2) is 11.4 Å². The Labute approximate surface area is 301 Å². The van der Waals surface area contributed by atoms with E-state index in [-0.39, 0.29) is 23.8 Å². The molecule has 0 aliphatic rings. The summed E-state index contributed by atoms with van der Waals surface area (Å²) in [5, 5.41) is 5.31. The Morgan fingerprint density at radius 2 is 1.65 bits per heavy atom. The van der Waals surface area contributed by atoms with Crippen molar-refractivity contribution in [2.45, 2.75) is 43.9 Å². The van der Waals surface area contributed by atoms with E-state index in [1.165, 1.54) is 23.9 Å². The second-order valence-electron chi connectivity index (χ2n) is 11.5. The summed E-state index contributed by atoms with van der Waals surface area (Å²) < 4.78 is 17.1. The second kappa shape index (κ2) is 18.2. The van der Waals surface area contributed by atoms with Gasteiger partial charge in [-0.05, 0) is 60.1 Å². The van der Waals surface area contributed by atoms with Crippen molar-refractivity contribution in [3.8, 4) is 11.3 Å². The number of nitrogens with zero attached hydrogens (tertiary/aromatic N) is 7. The number of halogens is 3. The molecule has 0 aliphatic heterocycles. The summed E-state index contributed by atoms with van der Waals surface area (Å²) in [6.07, 6.45) is 7.61. The number of hydrogen-bond donors (Lipinski definition) is 0. The molecule has 1 unspecified atom stereocenters. The molecule has 5 aromatic rings. The Kier molecular flexibility index (Phi) is 14.1. The van der Waals surface area contributed by atoms with Crippen LogP contribution in [0.1, 0.15) is 42.3 Å². The van der Waals surface area contributed by atoms with Crippen molar-refractivity contribution in [1.29, 1.82) is 0 Å². The van der Waals surface area contributed by atoms with Gasteiger partial charge in [0.1, 0.15) is 12.0 Å². The number of carbonyl (C=O) groups is 1. The van der Waals surface area contributed by atoms with E-state index in [0.29, 0.717) is 41.0 Å². The zero-order valence-corrected chi connectivity index (χ0v) is 30.1. The highest BCUT2D eigenvalue weighted by atomic mass is 35.5. The van der Waals surface area contributed by atoms with Crippen molar-refractivity contribution in [2.75, 3.05) is 26.2 Å². The van der Waals surface area contributed by atoms with Crippen LogP contribution in [0.5, 0.6) is 0 Å². The van der Waals surface area contributed by atoms with Crippen LogP contribution in [0, 0.1) is 5.82 Å². The molecule has 258 valence electrons. The Balaban J connectivity index is 0.00000541. The molecule has 3 aromatic heterocycles. The lowest BCUT2D eigenvalue weighted by Crippen LogP contribution is -2.40. The standard InChI is InChI=1S/C36H39ClFN7O2S.ClH/c1-4-43(5-2)16-17-44(22-27-8-15-33(39-19-27)29-9-11-31(37)12-10-29)34(24-46)45-23-30(18-28-20-40-42(3)21-28)35(47)41-36(45)48-25-26-6-13-32(38)14-7-26;/h6-15,19-21,23-24,34H,4-5,16-18,22,25H2,1-3H3;1H. The minimum Gasteiger partial charge on any atom is -0.304 e. The third kappa shape index (κ3) is 10.3. The van der Waals surface area contributed by atoms with E-state index in [1.54, 1.807) is 33.8 Å². The number of benzene rings is 2. The average Bonchev–Trinajstić information content (AvgIpc) is 3.51. The molecule has 2 aromatic carbocycles. The van der Waals surface area contributed by atoms with Crippen LogP contribution in [0.3, 0.4) is 0 Å². The summed E-state index contributed by atoms with van der Waals surface area (Å²) in [5.41, 5.74) is 4.54. The summed E-state index contributed by atoms with van der Waals surface area (Å²) in [7, 11) is 1.82. The Bertz CT molecular complexity index is 1850. The number of likely N-dealkylation sites (N-methyl/N-ethyl adjacent to an activating group) is 1. The van der Waals surface area contributed by atoms with Crippen LogP contribution in [0.2, 0.25) is 5.02 Å². The monoisotopic (exact) mass is 723 g/mol. The molecule has 1 atom stereocenters. The molecule has 3 heterocycles. The van der Waals surface area contributed by atoms with E-state index in [4.69, 9.17) is 16.6 Å². The fourth-order valence-electron chi connectivity index (χ4n) is 5.41. The van der Waals surface area contributed by atoms with E-state index in [0.717, 1.165) is 53.9 Å². The molecule has 0 saturated heterocycles. The van der Waals surface area contributed by atoms with Crippen LogP contribution >= 0.6 is 35.8 Å². The van der Waals surface area contributed by atoms with Crippen LogP contribution in [-0.2, 0) is 30.6 Å². The number of pyridine rings is 1. The number of aryl methyl sites for hydroxylation is 1. The number of aldehydes is 1. The van der Waals surface area contributed by atoms with Crippen LogP contribution in [-0.4, -0.2) is 66.6 Å². The fraction of sp³-hybridized carbons (Fsp3) is 0.306. The van der Waals surface area contributed by atoms with Gasteiger partial charge in [0, 0.05) is 73.6 Å². The van der Waals surface area contributed by atoms with E-state index in [9.17, 15) is 14.0 Å². The predicted molar refractivity (Wildman–Crippen MR) is 196 cm³/mol. The molecule has 13 heteroatoms.